The summed E-state index contributed by atoms with van der Waals surface area (Å²) >= 11 is 3.13. The summed E-state index contributed by atoms with van der Waals surface area (Å²) in [6, 6.07) is 4.89. The molecule has 0 saturated carbocycles. The standard InChI is InChI=1S/C9H5F3N2O.C8H4BrF3N2.2CH4/c10-9(11,12)7-2-6-1-5(4-15)3-13-8(6)14-7;9-5-1-4-2-6(8(10,11)12)14-7(4)13-3-5;;/h1-4H,(H,13,14);1-3H,(H,13,14);2*1H4. The van der Waals surface area contributed by atoms with E-state index in [9.17, 15) is 31.1 Å². The van der Waals surface area contributed by atoms with Gasteiger partial charge in [-0.3, -0.25) is 4.79 Å². The van der Waals surface area contributed by atoms with Crippen LogP contribution in [0.3, 0.4) is 0 Å². The highest BCUT2D eigenvalue weighted by molar-refractivity contribution is 9.10. The molecule has 0 aliphatic rings. The molecular weight excluding hydrogens is 494 g/mol. The van der Waals surface area contributed by atoms with Crippen molar-refractivity contribution >= 4 is 44.3 Å². The summed E-state index contributed by atoms with van der Waals surface area (Å²) in [5.41, 5.74) is -1.05. The summed E-state index contributed by atoms with van der Waals surface area (Å²) in [7, 11) is 0. The van der Waals surface area contributed by atoms with Crippen LogP contribution >= 0.6 is 15.9 Å². The number of nitrogens with one attached hydrogen (secondary N) is 2. The lowest BCUT2D eigenvalue weighted by molar-refractivity contribution is -0.141. The van der Waals surface area contributed by atoms with Gasteiger partial charge >= 0.3 is 12.4 Å². The van der Waals surface area contributed by atoms with Gasteiger partial charge in [0.25, 0.3) is 0 Å². The molecule has 0 amide bonds. The first-order chi connectivity index (χ1) is 13.5. The van der Waals surface area contributed by atoms with Crippen molar-refractivity contribution < 1.29 is 31.1 Å². The van der Waals surface area contributed by atoms with Crippen molar-refractivity contribution in [2.45, 2.75) is 27.2 Å². The highest BCUT2D eigenvalue weighted by Crippen LogP contribution is 2.31. The van der Waals surface area contributed by atoms with Gasteiger partial charge in [0.15, 0.2) is 6.29 Å². The molecule has 0 saturated heterocycles. The number of aromatic nitrogens is 4. The van der Waals surface area contributed by atoms with E-state index in [4.69, 9.17) is 0 Å². The van der Waals surface area contributed by atoms with Crippen LogP contribution in [0.2, 0.25) is 0 Å². The molecule has 0 aliphatic carbocycles. The molecule has 4 heterocycles. The molecule has 0 radical (unpaired) electrons. The molecule has 4 aromatic rings. The van der Waals surface area contributed by atoms with Crippen molar-refractivity contribution in [1.82, 2.24) is 19.9 Å². The summed E-state index contributed by atoms with van der Waals surface area (Å²) in [6.45, 7) is 0. The molecule has 0 spiro atoms. The Morgan fingerprint density at radius 1 is 0.774 bits per heavy atom. The van der Waals surface area contributed by atoms with Crippen LogP contribution in [0.1, 0.15) is 36.6 Å². The lowest BCUT2D eigenvalue weighted by Crippen LogP contribution is -2.04. The maximum atomic E-state index is 12.3. The van der Waals surface area contributed by atoms with Crippen LogP contribution in [0, 0.1) is 0 Å². The van der Waals surface area contributed by atoms with E-state index in [1.54, 1.807) is 6.07 Å². The summed E-state index contributed by atoms with van der Waals surface area (Å²) in [5.74, 6) is 0. The van der Waals surface area contributed by atoms with Crippen LogP contribution in [-0.2, 0) is 12.4 Å². The van der Waals surface area contributed by atoms with Gasteiger partial charge in [0, 0.05) is 33.2 Å². The Hall–Kier alpha value is -2.89. The molecule has 0 aliphatic heterocycles. The summed E-state index contributed by atoms with van der Waals surface area (Å²) < 4.78 is 74.3. The number of carbonyl (C=O) groups excluding carboxylic acids is 1. The number of rotatable bonds is 1. The molecule has 168 valence electrons. The summed E-state index contributed by atoms with van der Waals surface area (Å²) in [5, 5.41) is 0.707. The predicted octanol–water partition coefficient (Wildman–Crippen LogP) is 7.01. The molecule has 0 atom stereocenters. The highest BCUT2D eigenvalue weighted by atomic mass is 79.9. The second-order valence-corrected chi connectivity index (χ2v) is 6.69. The Balaban J connectivity index is 0.000000292. The number of aromatic amines is 2. The van der Waals surface area contributed by atoms with Crippen LogP contribution < -0.4 is 0 Å². The third kappa shape index (κ3) is 6.06. The predicted molar refractivity (Wildman–Crippen MR) is 109 cm³/mol. The Morgan fingerprint density at radius 3 is 1.68 bits per heavy atom. The molecule has 4 aromatic heterocycles. The Bertz CT molecular complexity index is 1180. The van der Waals surface area contributed by atoms with E-state index >= 15 is 0 Å². The molecule has 0 bridgehead atoms. The SMILES string of the molecule is C.C.FC(F)(F)c1cc2cc(Br)cnc2[nH]1.O=Cc1cnc2[nH]c(C(F)(F)F)cc2c1. The van der Waals surface area contributed by atoms with Crippen molar-refractivity contribution in [3.8, 4) is 0 Å². The fourth-order valence-electron chi connectivity index (χ4n) is 2.39. The van der Waals surface area contributed by atoms with Gasteiger partial charge in [0.05, 0.1) is 0 Å². The van der Waals surface area contributed by atoms with Crippen LogP contribution in [0.4, 0.5) is 26.3 Å². The summed E-state index contributed by atoms with van der Waals surface area (Å²) in [4.78, 5) is 22.2. The second kappa shape index (κ2) is 9.50. The Kier molecular flexibility index (Phi) is 8.01. The number of aldehydes is 1. The number of pyridine rings is 2. The van der Waals surface area contributed by atoms with Gasteiger partial charge in [-0.1, -0.05) is 14.9 Å². The number of nitrogens with zero attached hydrogens (tertiary/aromatic N) is 2. The van der Waals surface area contributed by atoms with Gasteiger partial charge in [-0.15, -0.1) is 0 Å². The van der Waals surface area contributed by atoms with Crippen molar-refractivity contribution in [2.75, 3.05) is 0 Å². The zero-order chi connectivity index (χ0) is 21.4. The van der Waals surface area contributed by atoms with E-state index in [0.29, 0.717) is 16.1 Å². The topological polar surface area (TPSA) is 74.4 Å². The minimum absolute atomic E-state index is 0. The van der Waals surface area contributed by atoms with Crippen molar-refractivity contribution in [2.24, 2.45) is 0 Å². The molecule has 31 heavy (non-hydrogen) atoms. The van der Waals surface area contributed by atoms with E-state index in [1.165, 1.54) is 18.5 Å². The minimum atomic E-state index is -4.43. The van der Waals surface area contributed by atoms with Crippen LogP contribution in [-0.4, -0.2) is 26.2 Å². The Morgan fingerprint density at radius 2 is 1.23 bits per heavy atom. The van der Waals surface area contributed by atoms with Crippen LogP contribution in [0.15, 0.2) is 41.1 Å². The van der Waals surface area contributed by atoms with Gasteiger partial charge in [-0.05, 0) is 40.2 Å². The van der Waals surface area contributed by atoms with E-state index < -0.39 is 23.7 Å². The number of hydrogen-bond acceptors (Lipinski definition) is 3. The maximum absolute atomic E-state index is 12.3. The number of alkyl halides is 6. The first kappa shape index (κ1) is 26.1. The van der Waals surface area contributed by atoms with Crippen molar-refractivity contribution in [3.63, 3.8) is 0 Å². The van der Waals surface area contributed by atoms with Crippen molar-refractivity contribution in [1.29, 1.82) is 0 Å². The third-order valence-electron chi connectivity index (χ3n) is 3.67. The molecule has 0 unspecified atom stereocenters. The number of halogens is 7. The van der Waals surface area contributed by atoms with Gasteiger partial charge in [0.1, 0.15) is 22.7 Å². The lowest BCUT2D eigenvalue weighted by atomic mass is 10.2. The first-order valence-electron chi connectivity index (χ1n) is 7.70. The molecule has 0 aromatic carbocycles. The van der Waals surface area contributed by atoms with Crippen LogP contribution in [0.5, 0.6) is 0 Å². The minimum Gasteiger partial charge on any atom is -0.336 e. The van der Waals surface area contributed by atoms with Gasteiger partial charge in [-0.25, -0.2) is 9.97 Å². The number of fused-ring (bicyclic) bond motifs is 2. The summed E-state index contributed by atoms with van der Waals surface area (Å²) in [6.07, 6.45) is -5.59. The fourth-order valence-corrected chi connectivity index (χ4v) is 2.74. The van der Waals surface area contributed by atoms with E-state index in [-0.39, 0.29) is 37.1 Å². The zero-order valence-corrected chi connectivity index (χ0v) is 15.6. The number of carbonyl (C=O) groups is 1. The first-order valence-corrected chi connectivity index (χ1v) is 8.49. The van der Waals surface area contributed by atoms with Crippen molar-refractivity contribution in [3.05, 3.63) is 58.1 Å². The normalized spacial score (nSPS) is 11.3. The molecular formula is C19H17BrF6N4O. The third-order valence-corrected chi connectivity index (χ3v) is 4.11. The molecule has 4 rings (SSSR count). The molecule has 5 nitrogen and oxygen atoms in total. The number of hydrogen-bond donors (Lipinski definition) is 2. The quantitative estimate of drug-likeness (QED) is 0.213. The largest absolute Gasteiger partial charge is 0.431 e. The fraction of sp³-hybridized carbons (Fsp3) is 0.211. The van der Waals surface area contributed by atoms with Crippen LogP contribution in [0.25, 0.3) is 22.1 Å². The van der Waals surface area contributed by atoms with Gasteiger partial charge < -0.3 is 9.97 Å². The monoisotopic (exact) mass is 510 g/mol. The smallest absolute Gasteiger partial charge is 0.336 e. The molecule has 0 fully saturated rings. The lowest BCUT2D eigenvalue weighted by Gasteiger charge is -2.00. The van der Waals surface area contributed by atoms with Gasteiger partial charge in [0.2, 0.25) is 0 Å². The zero-order valence-electron chi connectivity index (χ0n) is 14.0. The van der Waals surface area contributed by atoms with E-state index in [0.717, 1.165) is 12.1 Å². The maximum Gasteiger partial charge on any atom is 0.431 e. The second-order valence-electron chi connectivity index (χ2n) is 5.78. The molecule has 12 heteroatoms. The molecule has 2 N–H and O–H groups in total. The Labute approximate surface area is 181 Å². The number of H-pyrrole nitrogens is 2. The average molecular weight is 511 g/mol. The average Bonchev–Trinajstić information content (AvgIpc) is 3.24. The van der Waals surface area contributed by atoms with Gasteiger partial charge in [-0.2, -0.15) is 26.3 Å². The highest BCUT2D eigenvalue weighted by Gasteiger charge is 2.33. The van der Waals surface area contributed by atoms with E-state index in [1.807, 2.05) is 0 Å². The van der Waals surface area contributed by atoms with E-state index in [2.05, 4.69) is 35.9 Å².